The van der Waals surface area contributed by atoms with Gasteiger partial charge in [-0.1, -0.05) is 23.7 Å². The van der Waals surface area contributed by atoms with E-state index in [1.807, 2.05) is 12.1 Å². The van der Waals surface area contributed by atoms with E-state index in [4.69, 9.17) is 26.2 Å². The molecule has 3 aromatic rings. The molecule has 31 heavy (non-hydrogen) atoms. The second-order valence-corrected chi connectivity index (χ2v) is 7.40. The minimum absolute atomic E-state index is 0.140. The number of carbonyl (C=O) groups is 1. The molecular formula is C22H18ClFN2O5. The summed E-state index contributed by atoms with van der Waals surface area (Å²) in [6.07, 6.45) is -1.28. The van der Waals surface area contributed by atoms with Crippen LogP contribution in [0.15, 0.2) is 60.8 Å². The van der Waals surface area contributed by atoms with Gasteiger partial charge in [0.25, 0.3) is 0 Å². The van der Waals surface area contributed by atoms with Crippen LogP contribution in [0.5, 0.6) is 11.5 Å². The van der Waals surface area contributed by atoms with Gasteiger partial charge in [0.1, 0.15) is 23.1 Å². The molecular weight excluding hydrogens is 427 g/mol. The monoisotopic (exact) mass is 444 g/mol. The highest BCUT2D eigenvalue weighted by Gasteiger charge is 2.35. The molecule has 0 bridgehead atoms. The topological polar surface area (TPSA) is 92.1 Å². The van der Waals surface area contributed by atoms with Crippen molar-refractivity contribution in [2.75, 3.05) is 11.4 Å². The summed E-state index contributed by atoms with van der Waals surface area (Å²) in [6.45, 7) is 0.166. The molecule has 0 aliphatic carbocycles. The number of aliphatic hydroxyl groups is 1. The molecule has 0 amide bonds. The standard InChI is InChI=1S/C22H18ClFN2O5/c23-19-9-14(11-25-21(19)26-12-16(27)10-20(26)31-22(28)29)13-1-5-17(6-2-13)30-18-7-3-15(24)4-8-18/h1-9,11,16,20,27H,10,12H2,(H,28,29)/t16-,20+/m1/s1. The van der Waals surface area contributed by atoms with Crippen molar-refractivity contribution in [1.82, 2.24) is 4.98 Å². The fourth-order valence-electron chi connectivity index (χ4n) is 3.38. The number of hydrogen-bond donors (Lipinski definition) is 2. The number of rotatable bonds is 5. The SMILES string of the molecule is O=C(O)O[C@H]1C[C@@H](O)CN1c1ncc(-c2ccc(Oc3ccc(F)cc3)cc2)cc1Cl. The summed E-state index contributed by atoms with van der Waals surface area (Å²) in [5.74, 6) is 1.11. The summed E-state index contributed by atoms with van der Waals surface area (Å²) in [6, 6.07) is 14.7. The molecule has 1 aliphatic heterocycles. The summed E-state index contributed by atoms with van der Waals surface area (Å²) >= 11 is 6.42. The number of β-amino-alcohol motifs (C(OH)–C–C–N with tert-alkyl or cyclic N) is 1. The average molecular weight is 445 g/mol. The first kappa shape index (κ1) is 20.9. The number of halogens is 2. The van der Waals surface area contributed by atoms with E-state index < -0.39 is 18.5 Å². The molecule has 7 nitrogen and oxygen atoms in total. The van der Waals surface area contributed by atoms with Crippen molar-refractivity contribution in [3.8, 4) is 22.6 Å². The summed E-state index contributed by atoms with van der Waals surface area (Å²) in [5, 5.41) is 19.1. The van der Waals surface area contributed by atoms with Gasteiger partial charge >= 0.3 is 6.16 Å². The summed E-state index contributed by atoms with van der Waals surface area (Å²) < 4.78 is 23.5. The Bertz CT molecular complexity index is 1080. The average Bonchev–Trinajstić information content (AvgIpc) is 3.09. The number of benzene rings is 2. The number of nitrogens with zero attached hydrogens (tertiary/aromatic N) is 2. The maximum atomic E-state index is 13.0. The van der Waals surface area contributed by atoms with Crippen LogP contribution in [0.2, 0.25) is 5.02 Å². The fourth-order valence-corrected chi connectivity index (χ4v) is 3.66. The van der Waals surface area contributed by atoms with Gasteiger partial charge in [-0.3, -0.25) is 0 Å². The van der Waals surface area contributed by atoms with E-state index in [2.05, 4.69) is 4.98 Å². The maximum Gasteiger partial charge on any atom is 0.507 e. The highest BCUT2D eigenvalue weighted by atomic mass is 35.5. The Morgan fingerprint density at radius 3 is 2.35 bits per heavy atom. The lowest BCUT2D eigenvalue weighted by Gasteiger charge is -2.25. The first-order valence-electron chi connectivity index (χ1n) is 9.43. The second-order valence-electron chi connectivity index (χ2n) is 6.99. The van der Waals surface area contributed by atoms with Crippen molar-refractivity contribution < 1.29 is 28.9 Å². The minimum atomic E-state index is -1.43. The molecule has 0 spiro atoms. The van der Waals surface area contributed by atoms with Crippen LogP contribution in [0.3, 0.4) is 0 Å². The fraction of sp³-hybridized carbons (Fsp3) is 0.182. The lowest BCUT2D eigenvalue weighted by molar-refractivity contribution is 0.0487. The number of anilines is 1. The third-order valence-electron chi connectivity index (χ3n) is 4.80. The third-order valence-corrected chi connectivity index (χ3v) is 5.07. The van der Waals surface area contributed by atoms with Gasteiger partial charge in [0, 0.05) is 24.7 Å². The van der Waals surface area contributed by atoms with E-state index in [1.54, 1.807) is 36.5 Å². The van der Waals surface area contributed by atoms with Crippen LogP contribution in [-0.4, -0.2) is 40.2 Å². The predicted octanol–water partition coefficient (Wildman–Crippen LogP) is 4.93. The van der Waals surface area contributed by atoms with E-state index in [-0.39, 0.29) is 18.8 Å². The van der Waals surface area contributed by atoms with Gasteiger partial charge in [0.05, 0.1) is 11.1 Å². The van der Waals surface area contributed by atoms with Crippen LogP contribution in [0.4, 0.5) is 15.0 Å². The smallest absolute Gasteiger partial charge is 0.457 e. The van der Waals surface area contributed by atoms with E-state index in [9.17, 15) is 14.3 Å². The van der Waals surface area contributed by atoms with Crippen LogP contribution in [0.25, 0.3) is 11.1 Å². The van der Waals surface area contributed by atoms with Gasteiger partial charge in [-0.2, -0.15) is 0 Å². The van der Waals surface area contributed by atoms with Gasteiger partial charge in [-0.15, -0.1) is 0 Å². The second kappa shape index (κ2) is 8.79. The molecule has 0 radical (unpaired) electrons. The number of pyridine rings is 1. The lowest BCUT2D eigenvalue weighted by atomic mass is 10.1. The molecule has 4 rings (SSSR count). The first-order valence-corrected chi connectivity index (χ1v) is 9.80. The van der Waals surface area contributed by atoms with Crippen molar-refractivity contribution >= 4 is 23.6 Å². The van der Waals surface area contributed by atoms with E-state index in [0.29, 0.717) is 22.3 Å². The molecule has 160 valence electrons. The van der Waals surface area contributed by atoms with Crippen molar-refractivity contribution in [1.29, 1.82) is 0 Å². The van der Waals surface area contributed by atoms with Gasteiger partial charge in [-0.05, 0) is 48.0 Å². The number of carboxylic acid groups (broad SMARTS) is 1. The van der Waals surface area contributed by atoms with E-state index in [1.165, 1.54) is 17.0 Å². The first-order chi connectivity index (χ1) is 14.9. The molecule has 1 aromatic heterocycles. The summed E-state index contributed by atoms with van der Waals surface area (Å²) in [5.41, 5.74) is 1.59. The van der Waals surface area contributed by atoms with Crippen molar-refractivity contribution in [2.24, 2.45) is 0 Å². The summed E-state index contributed by atoms with van der Waals surface area (Å²) in [4.78, 5) is 16.8. The third kappa shape index (κ3) is 4.87. The largest absolute Gasteiger partial charge is 0.507 e. The zero-order valence-electron chi connectivity index (χ0n) is 16.1. The van der Waals surface area contributed by atoms with Crippen LogP contribution >= 0.6 is 11.6 Å². The number of aromatic nitrogens is 1. The Labute approximate surface area is 182 Å². The Balaban J connectivity index is 1.51. The van der Waals surface area contributed by atoms with Gasteiger partial charge in [0.2, 0.25) is 0 Å². The lowest BCUT2D eigenvalue weighted by Crippen LogP contribution is -2.34. The Kier molecular flexibility index (Phi) is 5.92. The Hall–Kier alpha value is -3.36. The molecule has 2 atom stereocenters. The van der Waals surface area contributed by atoms with Crippen molar-refractivity contribution in [3.05, 3.63) is 71.6 Å². The molecule has 9 heteroatoms. The maximum absolute atomic E-state index is 13.0. The number of hydrogen-bond acceptors (Lipinski definition) is 6. The minimum Gasteiger partial charge on any atom is -0.457 e. The molecule has 2 aromatic carbocycles. The zero-order chi connectivity index (χ0) is 22.0. The quantitative estimate of drug-likeness (QED) is 0.539. The van der Waals surface area contributed by atoms with Crippen LogP contribution in [0, 0.1) is 5.82 Å². The molecule has 2 N–H and O–H groups in total. The van der Waals surface area contributed by atoms with Gasteiger partial charge in [0.15, 0.2) is 6.23 Å². The highest BCUT2D eigenvalue weighted by Crippen LogP contribution is 2.34. The summed E-state index contributed by atoms with van der Waals surface area (Å²) in [7, 11) is 0. The van der Waals surface area contributed by atoms with Crippen LogP contribution in [0.1, 0.15) is 6.42 Å². The Morgan fingerprint density at radius 1 is 1.10 bits per heavy atom. The van der Waals surface area contributed by atoms with Crippen molar-refractivity contribution in [3.63, 3.8) is 0 Å². The predicted molar refractivity (Wildman–Crippen MR) is 112 cm³/mol. The van der Waals surface area contributed by atoms with E-state index >= 15 is 0 Å². The molecule has 1 fully saturated rings. The van der Waals surface area contributed by atoms with Gasteiger partial charge in [-0.25, -0.2) is 14.2 Å². The molecule has 1 saturated heterocycles. The number of aliphatic hydroxyl groups excluding tert-OH is 1. The molecule has 0 saturated carbocycles. The van der Waals surface area contributed by atoms with Crippen LogP contribution in [-0.2, 0) is 4.74 Å². The molecule has 2 heterocycles. The molecule has 1 aliphatic rings. The number of ether oxygens (including phenoxy) is 2. The van der Waals surface area contributed by atoms with Crippen molar-refractivity contribution in [2.45, 2.75) is 18.8 Å². The zero-order valence-corrected chi connectivity index (χ0v) is 16.9. The normalized spacial score (nSPS) is 18.1. The van der Waals surface area contributed by atoms with E-state index in [0.717, 1.165) is 11.1 Å². The van der Waals surface area contributed by atoms with Gasteiger partial charge < -0.3 is 24.6 Å². The highest BCUT2D eigenvalue weighted by molar-refractivity contribution is 6.33. The van der Waals surface area contributed by atoms with Crippen LogP contribution < -0.4 is 9.64 Å². The molecule has 0 unspecified atom stereocenters. The Morgan fingerprint density at radius 2 is 1.74 bits per heavy atom.